The molecule has 1 aromatic carbocycles. The highest BCUT2D eigenvalue weighted by Gasteiger charge is 2.11. The summed E-state index contributed by atoms with van der Waals surface area (Å²) in [7, 11) is 5.81. The molecule has 1 N–H and O–H groups in total. The molecule has 0 aliphatic rings. The fraction of sp³-hybridized carbons (Fsp3) is 0.467. The first-order valence-corrected chi connectivity index (χ1v) is 6.55. The minimum atomic E-state index is -0.248. The molecule has 4 heteroatoms. The van der Waals surface area contributed by atoms with Gasteiger partial charge in [-0.05, 0) is 45.1 Å². The van der Waals surface area contributed by atoms with Crippen LogP contribution in [-0.2, 0) is 11.2 Å². The number of aromatic nitrogens is 1. The minimum absolute atomic E-state index is 0.248. The fourth-order valence-corrected chi connectivity index (χ4v) is 2.09. The summed E-state index contributed by atoms with van der Waals surface area (Å²) >= 11 is 0. The van der Waals surface area contributed by atoms with Crippen molar-refractivity contribution in [3.63, 3.8) is 0 Å². The van der Waals surface area contributed by atoms with Crippen LogP contribution in [0.5, 0.6) is 5.75 Å². The molecule has 0 aliphatic carbocycles. The van der Waals surface area contributed by atoms with Crippen LogP contribution >= 0.6 is 0 Å². The maximum atomic E-state index is 5.83. The third-order valence-corrected chi connectivity index (χ3v) is 3.20. The number of H-pyrrole nitrogens is 1. The highest BCUT2D eigenvalue weighted by molar-refractivity contribution is 5.89. The van der Waals surface area contributed by atoms with E-state index < -0.39 is 0 Å². The van der Waals surface area contributed by atoms with Crippen LogP contribution in [0.1, 0.15) is 12.5 Å². The zero-order valence-corrected chi connectivity index (χ0v) is 12.1. The zero-order chi connectivity index (χ0) is 13.8. The Labute approximate surface area is 114 Å². The first-order chi connectivity index (χ1) is 9.11. The number of hydrogen-bond donors (Lipinski definition) is 1. The van der Waals surface area contributed by atoms with E-state index in [0.717, 1.165) is 29.6 Å². The molecule has 2 rings (SSSR count). The summed E-state index contributed by atoms with van der Waals surface area (Å²) in [5.74, 6) is 0.877. The van der Waals surface area contributed by atoms with Gasteiger partial charge in [0, 0.05) is 30.8 Å². The van der Waals surface area contributed by atoms with E-state index in [-0.39, 0.29) is 6.29 Å². The van der Waals surface area contributed by atoms with Crippen LogP contribution in [0.25, 0.3) is 10.9 Å². The molecule has 19 heavy (non-hydrogen) atoms. The predicted molar refractivity (Wildman–Crippen MR) is 77.7 cm³/mol. The summed E-state index contributed by atoms with van der Waals surface area (Å²) < 4.78 is 11.0. The standard InChI is InChI=1S/C15H22N2O2/c1-11(18-4)19-14-7-5-6-13-15(14)12(10-16-13)8-9-17(2)3/h5-7,10-11,16H,8-9H2,1-4H3. The number of nitrogens with one attached hydrogen (secondary N) is 1. The van der Waals surface area contributed by atoms with Crippen molar-refractivity contribution in [2.75, 3.05) is 27.7 Å². The Hall–Kier alpha value is -1.52. The van der Waals surface area contributed by atoms with E-state index in [9.17, 15) is 0 Å². The Balaban J connectivity index is 2.32. The van der Waals surface area contributed by atoms with E-state index in [2.05, 4.69) is 36.2 Å². The summed E-state index contributed by atoms with van der Waals surface area (Å²) in [6.45, 7) is 2.91. The van der Waals surface area contributed by atoms with Gasteiger partial charge < -0.3 is 19.4 Å². The van der Waals surface area contributed by atoms with E-state index in [1.807, 2.05) is 19.1 Å². The Morgan fingerprint density at radius 3 is 2.79 bits per heavy atom. The van der Waals surface area contributed by atoms with Gasteiger partial charge in [-0.1, -0.05) is 6.07 Å². The van der Waals surface area contributed by atoms with E-state index in [1.54, 1.807) is 7.11 Å². The molecule has 0 saturated heterocycles. The Bertz CT molecular complexity index is 534. The van der Waals surface area contributed by atoms with Gasteiger partial charge in [-0.2, -0.15) is 0 Å². The number of likely N-dealkylation sites (N-methyl/N-ethyl adjacent to an activating group) is 1. The largest absolute Gasteiger partial charge is 0.465 e. The second-order valence-electron chi connectivity index (χ2n) is 4.97. The summed E-state index contributed by atoms with van der Waals surface area (Å²) in [6.07, 6.45) is 2.81. The van der Waals surface area contributed by atoms with Crippen LogP contribution in [0.4, 0.5) is 0 Å². The number of rotatable bonds is 6. The van der Waals surface area contributed by atoms with E-state index in [0.29, 0.717) is 0 Å². The van der Waals surface area contributed by atoms with Gasteiger partial charge in [-0.15, -0.1) is 0 Å². The lowest BCUT2D eigenvalue weighted by atomic mass is 10.1. The molecule has 0 bridgehead atoms. The van der Waals surface area contributed by atoms with E-state index in [1.165, 1.54) is 5.56 Å². The molecule has 0 saturated carbocycles. The molecule has 4 nitrogen and oxygen atoms in total. The van der Waals surface area contributed by atoms with Crippen molar-refractivity contribution in [1.29, 1.82) is 0 Å². The lowest BCUT2D eigenvalue weighted by molar-refractivity contribution is -0.0373. The van der Waals surface area contributed by atoms with Crippen LogP contribution in [0.15, 0.2) is 24.4 Å². The Morgan fingerprint density at radius 1 is 1.32 bits per heavy atom. The van der Waals surface area contributed by atoms with Crippen molar-refractivity contribution in [3.05, 3.63) is 30.0 Å². The lowest BCUT2D eigenvalue weighted by Gasteiger charge is -2.15. The maximum Gasteiger partial charge on any atom is 0.196 e. The average molecular weight is 262 g/mol. The molecular weight excluding hydrogens is 240 g/mol. The van der Waals surface area contributed by atoms with Gasteiger partial charge in [0.05, 0.1) is 0 Å². The van der Waals surface area contributed by atoms with Gasteiger partial charge in [-0.25, -0.2) is 0 Å². The number of methoxy groups -OCH3 is 1. The van der Waals surface area contributed by atoms with Crippen molar-refractivity contribution in [2.24, 2.45) is 0 Å². The van der Waals surface area contributed by atoms with E-state index in [4.69, 9.17) is 9.47 Å². The molecule has 0 radical (unpaired) electrons. The van der Waals surface area contributed by atoms with Gasteiger partial charge in [0.25, 0.3) is 0 Å². The van der Waals surface area contributed by atoms with Crippen molar-refractivity contribution < 1.29 is 9.47 Å². The minimum Gasteiger partial charge on any atom is -0.465 e. The summed E-state index contributed by atoms with van der Waals surface area (Å²) in [5.41, 5.74) is 2.39. The topological polar surface area (TPSA) is 37.5 Å². The number of fused-ring (bicyclic) bond motifs is 1. The maximum absolute atomic E-state index is 5.83. The van der Waals surface area contributed by atoms with E-state index >= 15 is 0 Å². The molecule has 0 amide bonds. The van der Waals surface area contributed by atoms with Gasteiger partial charge in [0.2, 0.25) is 0 Å². The molecule has 0 fully saturated rings. The number of aromatic amines is 1. The monoisotopic (exact) mass is 262 g/mol. The second kappa shape index (κ2) is 6.08. The molecule has 104 valence electrons. The number of benzene rings is 1. The van der Waals surface area contributed by atoms with Gasteiger partial charge >= 0.3 is 0 Å². The normalized spacial score (nSPS) is 13.1. The lowest BCUT2D eigenvalue weighted by Crippen LogP contribution is -2.15. The Kier molecular flexibility index (Phi) is 4.45. The molecule has 1 unspecified atom stereocenters. The van der Waals surface area contributed by atoms with Crippen molar-refractivity contribution in [3.8, 4) is 5.75 Å². The molecule has 1 heterocycles. The third-order valence-electron chi connectivity index (χ3n) is 3.20. The van der Waals surface area contributed by atoms with Gasteiger partial charge in [0.15, 0.2) is 6.29 Å². The summed E-state index contributed by atoms with van der Waals surface area (Å²) in [6, 6.07) is 6.05. The highest BCUT2D eigenvalue weighted by atomic mass is 16.7. The number of hydrogen-bond acceptors (Lipinski definition) is 3. The molecule has 1 atom stereocenters. The molecule has 2 aromatic rings. The van der Waals surface area contributed by atoms with Crippen LogP contribution < -0.4 is 4.74 Å². The SMILES string of the molecule is COC(C)Oc1cccc2[nH]cc(CCN(C)C)c12. The highest BCUT2D eigenvalue weighted by Crippen LogP contribution is 2.29. The average Bonchev–Trinajstić information content (AvgIpc) is 2.80. The number of nitrogens with zero attached hydrogens (tertiary/aromatic N) is 1. The van der Waals surface area contributed by atoms with Crippen molar-refractivity contribution in [2.45, 2.75) is 19.6 Å². The smallest absolute Gasteiger partial charge is 0.196 e. The first kappa shape index (κ1) is 13.9. The molecule has 0 aliphatic heterocycles. The molecular formula is C15H22N2O2. The molecule has 0 spiro atoms. The summed E-state index contributed by atoms with van der Waals surface area (Å²) in [4.78, 5) is 5.48. The van der Waals surface area contributed by atoms with Crippen LogP contribution in [0.2, 0.25) is 0 Å². The quantitative estimate of drug-likeness (QED) is 0.813. The first-order valence-electron chi connectivity index (χ1n) is 6.55. The predicted octanol–water partition coefficient (Wildman–Crippen LogP) is 2.64. The number of ether oxygens (including phenoxy) is 2. The second-order valence-corrected chi connectivity index (χ2v) is 4.97. The van der Waals surface area contributed by atoms with Crippen molar-refractivity contribution in [1.82, 2.24) is 9.88 Å². The van der Waals surface area contributed by atoms with Crippen LogP contribution in [0.3, 0.4) is 0 Å². The van der Waals surface area contributed by atoms with Gasteiger partial charge in [-0.3, -0.25) is 0 Å². The van der Waals surface area contributed by atoms with Crippen molar-refractivity contribution >= 4 is 10.9 Å². The third kappa shape index (κ3) is 3.28. The van der Waals surface area contributed by atoms with Crippen LogP contribution in [-0.4, -0.2) is 43.9 Å². The molecule has 1 aromatic heterocycles. The Morgan fingerprint density at radius 2 is 2.11 bits per heavy atom. The van der Waals surface area contributed by atoms with Crippen LogP contribution in [0, 0.1) is 0 Å². The summed E-state index contributed by atoms with van der Waals surface area (Å²) in [5, 5.41) is 1.16. The van der Waals surface area contributed by atoms with Gasteiger partial charge in [0.1, 0.15) is 5.75 Å². The fourth-order valence-electron chi connectivity index (χ4n) is 2.09. The zero-order valence-electron chi connectivity index (χ0n) is 12.1.